The largest absolute Gasteiger partial charge is 1.00 e. The first kappa shape index (κ1) is 27.1. The van der Waals surface area contributed by atoms with Crippen LogP contribution in [0.1, 0.15) is 13.3 Å². The molecule has 7 heteroatoms. The van der Waals surface area contributed by atoms with Gasteiger partial charge in [0, 0.05) is 0 Å². The number of rotatable bonds is 6. The summed E-state index contributed by atoms with van der Waals surface area (Å²) in [5.74, 6) is -1.33. The van der Waals surface area contributed by atoms with Crippen molar-refractivity contribution in [1.82, 2.24) is 5.32 Å². The molecule has 19 heavy (non-hydrogen) atoms. The Kier molecular flexibility index (Phi) is 22.4. The summed E-state index contributed by atoms with van der Waals surface area (Å²) in [6.07, 6.45) is 3.14. The van der Waals surface area contributed by atoms with Crippen LogP contribution in [0.25, 0.3) is 0 Å². The van der Waals surface area contributed by atoms with Crippen LogP contribution in [0.3, 0.4) is 0 Å². The number of aliphatic carboxylic acids is 1. The number of hydrogen-bond acceptors (Lipinski definition) is 3. The molecule has 0 aliphatic carbocycles. The molecule has 1 amide bonds. The third kappa shape index (κ3) is 23.2. The smallest absolute Gasteiger partial charge is 1.00 e. The molecule has 0 saturated carbocycles. The number of amides is 1. The molecule has 0 aliphatic heterocycles. The van der Waals surface area contributed by atoms with Gasteiger partial charge in [-0.15, -0.1) is 0 Å². The quantitative estimate of drug-likeness (QED) is 0.230. The number of carboxylic acids is 1. The molecule has 0 aliphatic rings. The Morgan fingerprint density at radius 3 is 1.95 bits per heavy atom. The Hall–Kier alpha value is -0.330. The molecule has 5 nitrogen and oxygen atoms in total. The molecule has 0 spiro atoms. The zero-order chi connectivity index (χ0) is 13.9. The fraction of sp³-hybridized carbons (Fsp3) is 0.500. The Morgan fingerprint density at radius 2 is 1.68 bits per heavy atom. The first-order valence-corrected chi connectivity index (χ1v) is 5.34. The molecule has 1 N–H and O–H groups in total. The second-order valence-electron chi connectivity index (χ2n) is 4.09. The number of nitrogens with zero attached hydrogens (tertiary/aromatic N) is 1. The monoisotopic (exact) mass is 300 g/mol. The maximum atomic E-state index is 10.8. The summed E-state index contributed by atoms with van der Waals surface area (Å²) in [7, 11) is 4.18. The molecular formula is C12H22ClN2NaO3. The molecule has 0 rings (SSSR count). The fourth-order valence-corrected chi connectivity index (χ4v) is 1.05. The van der Waals surface area contributed by atoms with Crippen molar-refractivity contribution in [3.63, 3.8) is 0 Å². The normalized spacial score (nSPS) is 8.58. The Labute approximate surface area is 144 Å². The third-order valence-electron chi connectivity index (χ3n) is 1.86. The minimum absolute atomic E-state index is 0. The molecule has 0 aromatic rings. The van der Waals surface area contributed by atoms with Gasteiger partial charge in [0.2, 0.25) is 5.91 Å². The number of carbonyl (C=O) groups excluding carboxylic acids is 2. The number of carboxylic acid groups (broad SMARTS) is 1. The number of nitrogens with one attached hydrogen (secondary N) is 1. The third-order valence-corrected chi connectivity index (χ3v) is 1.86. The first-order chi connectivity index (χ1) is 7.79. The van der Waals surface area contributed by atoms with E-state index in [0.29, 0.717) is 6.67 Å². The van der Waals surface area contributed by atoms with Crippen LogP contribution in [0.2, 0.25) is 0 Å². The maximum Gasteiger partial charge on any atom is 1.00 e. The maximum absolute atomic E-state index is 10.8. The second-order valence-corrected chi connectivity index (χ2v) is 4.09. The van der Waals surface area contributed by atoms with Gasteiger partial charge in [0.15, 0.2) is 6.67 Å². The van der Waals surface area contributed by atoms with Crippen LogP contribution in [0.4, 0.5) is 0 Å². The standard InChI is InChI=1S/C9H18N2O.C3H4O2.ClH.Na/c1-5-7-11(3,4)8-10-9(12)6-2;1-2-3(4)5;;/h6H,2,5,7-8H2,1,3-4H3;2H,1H2,(H,4,5);1H;/q;;;+1/p-1. The van der Waals surface area contributed by atoms with Crippen molar-refractivity contribution >= 4 is 11.9 Å². The van der Waals surface area contributed by atoms with Gasteiger partial charge >= 0.3 is 29.6 Å². The van der Waals surface area contributed by atoms with E-state index in [4.69, 9.17) is 9.90 Å². The van der Waals surface area contributed by atoms with Gasteiger partial charge < -0.3 is 32.1 Å². The van der Waals surface area contributed by atoms with Crippen LogP contribution in [-0.2, 0) is 9.59 Å². The zero-order valence-corrected chi connectivity index (χ0v) is 15.0. The molecule has 0 aromatic heterocycles. The molecule has 0 aromatic carbocycles. The molecule has 0 heterocycles. The topological polar surface area (TPSA) is 69.2 Å². The van der Waals surface area contributed by atoms with E-state index in [1.807, 2.05) is 0 Å². The molecule has 0 radical (unpaired) electrons. The van der Waals surface area contributed by atoms with E-state index >= 15 is 0 Å². The van der Waals surface area contributed by atoms with Gasteiger partial charge in [-0.05, 0) is 18.6 Å². The van der Waals surface area contributed by atoms with Gasteiger partial charge in [-0.2, -0.15) is 0 Å². The summed E-state index contributed by atoms with van der Waals surface area (Å²) >= 11 is 0. The van der Waals surface area contributed by atoms with Gasteiger partial charge in [0.25, 0.3) is 0 Å². The predicted molar refractivity (Wildman–Crippen MR) is 65.7 cm³/mol. The van der Waals surface area contributed by atoms with Gasteiger partial charge in [-0.3, -0.25) is 4.79 Å². The summed E-state index contributed by atoms with van der Waals surface area (Å²) in [6, 6.07) is 0. The molecular weight excluding hydrogens is 279 g/mol. The van der Waals surface area contributed by atoms with Crippen LogP contribution in [0.15, 0.2) is 25.3 Å². The zero-order valence-electron chi connectivity index (χ0n) is 12.2. The van der Waals surface area contributed by atoms with Crippen molar-refractivity contribution in [1.29, 1.82) is 0 Å². The SMILES string of the molecule is C=CC(=O)NC[N+](C)(C)CCC.C=CC(=O)[O-].[Cl-].[Na+]. The average molecular weight is 301 g/mol. The van der Waals surface area contributed by atoms with Crippen LogP contribution < -0.4 is 52.4 Å². The van der Waals surface area contributed by atoms with Crippen LogP contribution in [0.5, 0.6) is 0 Å². The molecule has 106 valence electrons. The average Bonchev–Trinajstić information content (AvgIpc) is 2.26. The first-order valence-electron chi connectivity index (χ1n) is 5.34. The van der Waals surface area contributed by atoms with E-state index in [1.165, 1.54) is 6.08 Å². The van der Waals surface area contributed by atoms with Crippen molar-refractivity contribution in [2.75, 3.05) is 27.3 Å². The van der Waals surface area contributed by atoms with Crippen molar-refractivity contribution in [3.05, 3.63) is 25.3 Å². The van der Waals surface area contributed by atoms with Crippen molar-refractivity contribution < 1.29 is 61.1 Å². The second kappa shape index (κ2) is 15.7. The van der Waals surface area contributed by atoms with E-state index in [0.717, 1.165) is 23.5 Å². The Morgan fingerprint density at radius 1 is 1.26 bits per heavy atom. The molecule has 0 fully saturated rings. The predicted octanol–water partition coefficient (Wildman–Crippen LogP) is -6.34. The van der Waals surface area contributed by atoms with E-state index in [-0.39, 0.29) is 47.9 Å². The number of halogens is 1. The Balaban J connectivity index is -0.000000139. The van der Waals surface area contributed by atoms with Gasteiger partial charge in [-0.25, -0.2) is 0 Å². The van der Waals surface area contributed by atoms with Crippen molar-refractivity contribution in [3.8, 4) is 0 Å². The van der Waals surface area contributed by atoms with Crippen molar-refractivity contribution in [2.24, 2.45) is 0 Å². The summed E-state index contributed by atoms with van der Waals surface area (Å²) in [5, 5.41) is 11.9. The minimum atomic E-state index is -1.23. The summed E-state index contributed by atoms with van der Waals surface area (Å²) < 4.78 is 0.816. The van der Waals surface area contributed by atoms with Crippen molar-refractivity contribution in [2.45, 2.75) is 13.3 Å². The van der Waals surface area contributed by atoms with Gasteiger partial charge in [-0.1, -0.05) is 20.1 Å². The van der Waals surface area contributed by atoms with E-state index in [1.54, 1.807) is 0 Å². The van der Waals surface area contributed by atoms with Crippen LogP contribution >= 0.6 is 0 Å². The van der Waals surface area contributed by atoms with E-state index in [2.05, 4.69) is 39.5 Å². The van der Waals surface area contributed by atoms with Crippen LogP contribution in [0, 0.1) is 0 Å². The van der Waals surface area contributed by atoms with Crippen LogP contribution in [-0.4, -0.2) is 43.7 Å². The minimum Gasteiger partial charge on any atom is -1.00 e. The summed E-state index contributed by atoms with van der Waals surface area (Å²) in [5.41, 5.74) is 0. The molecule has 0 unspecified atom stereocenters. The van der Waals surface area contributed by atoms with E-state index in [9.17, 15) is 4.79 Å². The molecule has 0 bridgehead atoms. The van der Waals surface area contributed by atoms with E-state index < -0.39 is 5.97 Å². The number of carbonyl (C=O) groups is 2. The molecule has 0 atom stereocenters. The van der Waals surface area contributed by atoms with Gasteiger partial charge in [0.05, 0.1) is 26.6 Å². The number of hydrogen-bond donors (Lipinski definition) is 1. The summed E-state index contributed by atoms with van der Waals surface area (Å²) in [6.45, 7) is 10.2. The molecule has 0 saturated heterocycles. The van der Waals surface area contributed by atoms with Gasteiger partial charge in [0.1, 0.15) is 0 Å². The Bertz CT molecular complexity index is 284. The summed E-state index contributed by atoms with van der Waals surface area (Å²) in [4.78, 5) is 20.0. The fourth-order valence-electron chi connectivity index (χ4n) is 1.05. The number of quaternary nitrogens is 1.